The van der Waals surface area contributed by atoms with Gasteiger partial charge in [0.15, 0.2) is 5.83 Å². The van der Waals surface area contributed by atoms with Crippen molar-refractivity contribution in [1.82, 2.24) is 0 Å². The molecule has 0 saturated heterocycles. The molecule has 0 aliphatic rings. The van der Waals surface area contributed by atoms with Gasteiger partial charge in [0.25, 0.3) is 0 Å². The summed E-state index contributed by atoms with van der Waals surface area (Å²) in [6, 6.07) is 0. The lowest BCUT2D eigenvalue weighted by Gasteiger charge is -2.26. The van der Waals surface area contributed by atoms with Crippen LogP contribution in [0, 0.1) is 0 Å². The van der Waals surface area contributed by atoms with Crippen LogP contribution in [0.25, 0.3) is 0 Å². The lowest BCUT2D eigenvalue weighted by molar-refractivity contribution is -0.347. The van der Waals surface area contributed by atoms with Crippen molar-refractivity contribution < 1.29 is 35.1 Å². The second-order valence-electron chi connectivity index (χ2n) is 2.35. The number of allylic oxidation sites excluding steroid dienone is 2. The Balaban J connectivity index is 5.28. The molecule has 0 fully saturated rings. The lowest BCUT2D eigenvalue weighted by Crippen LogP contribution is -2.52. The van der Waals surface area contributed by atoms with Crippen LogP contribution < -0.4 is 0 Å². The summed E-state index contributed by atoms with van der Waals surface area (Å²) in [6.07, 6.45) is -6.81. The highest BCUT2D eigenvalue weighted by atomic mass is 35.5. The average molecular weight is 263 g/mol. The molecule has 0 heterocycles. The van der Waals surface area contributed by atoms with Crippen molar-refractivity contribution in [2.75, 3.05) is 5.88 Å². The van der Waals surface area contributed by atoms with Crippen LogP contribution in [0.1, 0.15) is 0 Å². The summed E-state index contributed by atoms with van der Waals surface area (Å²) in [6.45, 7) is 0. The molecule has 0 aromatic heterocycles. The smallest absolute Gasteiger partial charge is 0.205 e. The Labute approximate surface area is 83.5 Å². The molecule has 9 heteroatoms. The lowest BCUT2D eigenvalue weighted by atomic mass is 10.1. The second-order valence-corrected chi connectivity index (χ2v) is 2.66. The SMILES string of the molecule is F/C(=C\CCl)C(F)(F)C(F)(F)C(F)(F)F. The third kappa shape index (κ3) is 2.53. The van der Waals surface area contributed by atoms with Gasteiger partial charge in [0.2, 0.25) is 0 Å². The van der Waals surface area contributed by atoms with Gasteiger partial charge in [-0.2, -0.15) is 30.7 Å². The first kappa shape index (κ1) is 14.5. The molecule has 0 saturated carbocycles. The largest absolute Gasteiger partial charge is 0.460 e. The third-order valence-electron chi connectivity index (χ3n) is 1.31. The molecule has 0 aromatic carbocycles. The maximum Gasteiger partial charge on any atom is 0.460 e. The van der Waals surface area contributed by atoms with Crippen LogP contribution in [0.15, 0.2) is 11.9 Å². The molecule has 0 aliphatic heterocycles. The molecular formula is C6H3ClF8. The van der Waals surface area contributed by atoms with Gasteiger partial charge in [-0.15, -0.1) is 11.6 Å². The zero-order valence-corrected chi connectivity index (χ0v) is 7.44. The summed E-state index contributed by atoms with van der Waals surface area (Å²) in [4.78, 5) is 0. The molecule has 0 aromatic rings. The standard InChI is InChI=1S/C6H3ClF8/c7-2-1-3(8)4(9,10)5(11,12)6(13,14)15/h1H,2H2/b3-1-. The van der Waals surface area contributed by atoms with E-state index >= 15 is 0 Å². The fraction of sp³-hybridized carbons (Fsp3) is 0.667. The molecule has 0 atom stereocenters. The van der Waals surface area contributed by atoms with Gasteiger partial charge in [-0.3, -0.25) is 0 Å². The highest BCUT2D eigenvalue weighted by Crippen LogP contribution is 2.49. The Morgan fingerprint density at radius 3 is 1.67 bits per heavy atom. The molecule has 0 aliphatic carbocycles. The van der Waals surface area contributed by atoms with E-state index in [-0.39, 0.29) is 6.08 Å². The number of alkyl halides is 8. The predicted molar refractivity (Wildman–Crippen MR) is 35.9 cm³/mol. The van der Waals surface area contributed by atoms with E-state index in [1.165, 1.54) is 0 Å². The van der Waals surface area contributed by atoms with Gasteiger partial charge in [0.1, 0.15) is 0 Å². The second kappa shape index (κ2) is 4.15. The van der Waals surface area contributed by atoms with Crippen LogP contribution in [0.2, 0.25) is 0 Å². The number of rotatable bonds is 3. The Kier molecular flexibility index (Phi) is 4.00. The Hall–Kier alpha value is -0.530. The number of halogens is 9. The normalized spacial score (nSPS) is 15.7. The van der Waals surface area contributed by atoms with Crippen LogP contribution in [-0.2, 0) is 0 Å². The van der Waals surface area contributed by atoms with E-state index in [9.17, 15) is 35.1 Å². The molecule has 0 unspecified atom stereocenters. The number of hydrogen-bond donors (Lipinski definition) is 0. The van der Waals surface area contributed by atoms with E-state index in [0.29, 0.717) is 0 Å². The van der Waals surface area contributed by atoms with Crippen molar-refractivity contribution in [3.63, 3.8) is 0 Å². The molecule has 0 N–H and O–H groups in total. The highest BCUT2D eigenvalue weighted by Gasteiger charge is 2.74. The van der Waals surface area contributed by atoms with Gasteiger partial charge in [0.05, 0.1) is 0 Å². The molecule has 0 nitrogen and oxygen atoms in total. The summed E-state index contributed by atoms with van der Waals surface area (Å²) in [5.41, 5.74) is 0. The zero-order chi connectivity index (χ0) is 12.5. The van der Waals surface area contributed by atoms with E-state index in [2.05, 4.69) is 0 Å². The summed E-state index contributed by atoms with van der Waals surface area (Å²) in [5.74, 6) is -16.3. The minimum atomic E-state index is -6.55. The van der Waals surface area contributed by atoms with E-state index in [0.717, 1.165) is 0 Å². The molecule has 90 valence electrons. The summed E-state index contributed by atoms with van der Waals surface area (Å²) < 4.78 is 95.5. The molecular weight excluding hydrogens is 260 g/mol. The van der Waals surface area contributed by atoms with Crippen molar-refractivity contribution >= 4 is 11.6 Å². The molecule has 0 rings (SSSR count). The Bertz CT molecular complexity index is 252. The molecule has 0 radical (unpaired) electrons. The maximum absolute atomic E-state index is 12.3. The first-order chi connectivity index (χ1) is 6.48. The Morgan fingerprint density at radius 1 is 1.00 bits per heavy atom. The fourth-order valence-corrected chi connectivity index (χ4v) is 0.659. The van der Waals surface area contributed by atoms with Crippen molar-refractivity contribution in [1.29, 1.82) is 0 Å². The van der Waals surface area contributed by atoms with Gasteiger partial charge < -0.3 is 0 Å². The Morgan fingerprint density at radius 2 is 1.40 bits per heavy atom. The van der Waals surface area contributed by atoms with Crippen LogP contribution in [0.5, 0.6) is 0 Å². The van der Waals surface area contributed by atoms with Gasteiger partial charge >= 0.3 is 18.0 Å². The summed E-state index contributed by atoms with van der Waals surface area (Å²) in [7, 11) is 0. The van der Waals surface area contributed by atoms with E-state index in [4.69, 9.17) is 11.6 Å². The van der Waals surface area contributed by atoms with Crippen molar-refractivity contribution in [3.8, 4) is 0 Å². The molecule has 0 spiro atoms. The topological polar surface area (TPSA) is 0 Å². The molecule has 0 amide bonds. The molecule has 15 heavy (non-hydrogen) atoms. The van der Waals surface area contributed by atoms with Gasteiger partial charge in [-0.1, -0.05) is 0 Å². The van der Waals surface area contributed by atoms with E-state index in [1.54, 1.807) is 0 Å². The summed E-state index contributed by atoms with van der Waals surface area (Å²) >= 11 is 4.69. The van der Waals surface area contributed by atoms with Crippen molar-refractivity contribution in [2.45, 2.75) is 18.0 Å². The van der Waals surface area contributed by atoms with Crippen LogP contribution >= 0.6 is 11.6 Å². The monoisotopic (exact) mass is 262 g/mol. The maximum atomic E-state index is 12.3. The highest BCUT2D eigenvalue weighted by molar-refractivity contribution is 6.18. The van der Waals surface area contributed by atoms with Gasteiger partial charge in [-0.25, -0.2) is 4.39 Å². The van der Waals surface area contributed by atoms with Gasteiger partial charge in [-0.05, 0) is 6.08 Å². The molecule has 0 bridgehead atoms. The first-order valence-corrected chi connectivity index (χ1v) is 3.76. The minimum absolute atomic E-state index is 0.263. The first-order valence-electron chi connectivity index (χ1n) is 3.23. The quantitative estimate of drug-likeness (QED) is 0.534. The van der Waals surface area contributed by atoms with E-state index in [1.807, 2.05) is 0 Å². The summed E-state index contributed by atoms with van der Waals surface area (Å²) in [5, 5.41) is 0. The minimum Gasteiger partial charge on any atom is -0.205 e. The van der Waals surface area contributed by atoms with Gasteiger partial charge in [0, 0.05) is 5.88 Å². The van der Waals surface area contributed by atoms with Crippen LogP contribution in [0.4, 0.5) is 35.1 Å². The van der Waals surface area contributed by atoms with Crippen molar-refractivity contribution in [3.05, 3.63) is 11.9 Å². The predicted octanol–water partition coefficient (Wildman–Crippen LogP) is 3.91. The van der Waals surface area contributed by atoms with E-state index < -0.39 is 29.7 Å². The van der Waals surface area contributed by atoms with Crippen molar-refractivity contribution in [2.24, 2.45) is 0 Å². The fourth-order valence-electron chi connectivity index (χ4n) is 0.524. The zero-order valence-electron chi connectivity index (χ0n) is 6.69. The third-order valence-corrected chi connectivity index (χ3v) is 1.46. The average Bonchev–Trinajstić information content (AvgIpc) is 2.02. The number of hydrogen-bond acceptors (Lipinski definition) is 0. The van der Waals surface area contributed by atoms with Crippen LogP contribution in [-0.4, -0.2) is 23.9 Å². The van der Waals surface area contributed by atoms with Crippen LogP contribution in [0.3, 0.4) is 0 Å².